The van der Waals surface area contributed by atoms with Gasteiger partial charge < -0.3 is 10.6 Å². The Hall–Kier alpha value is -1.23. The van der Waals surface area contributed by atoms with Crippen molar-refractivity contribution in [2.75, 3.05) is 11.4 Å². The molecule has 0 aromatic carbocycles. The second kappa shape index (κ2) is 4.80. The quantitative estimate of drug-likeness (QED) is 0.825. The van der Waals surface area contributed by atoms with E-state index in [-0.39, 0.29) is 0 Å². The number of rotatable bonds is 2. The van der Waals surface area contributed by atoms with Gasteiger partial charge in [-0.2, -0.15) is 0 Å². The van der Waals surface area contributed by atoms with E-state index in [9.17, 15) is 0 Å². The highest BCUT2D eigenvalue weighted by molar-refractivity contribution is 7.80. The minimum Gasteiger partial charge on any atom is -0.388 e. The maximum Gasteiger partial charge on any atom is 0.157 e. The van der Waals surface area contributed by atoms with Gasteiger partial charge in [-0.15, -0.1) is 0 Å². The van der Waals surface area contributed by atoms with Gasteiger partial charge in [0.25, 0.3) is 0 Å². The van der Waals surface area contributed by atoms with Gasteiger partial charge in [-0.25, -0.2) is 9.97 Å². The number of nitrogens with two attached hydrogens (primary N) is 1. The first kappa shape index (κ1) is 11.8. The van der Waals surface area contributed by atoms with E-state index in [0.717, 1.165) is 18.3 Å². The molecule has 1 saturated heterocycles. The van der Waals surface area contributed by atoms with Crippen LogP contribution in [0.15, 0.2) is 12.4 Å². The van der Waals surface area contributed by atoms with Crippen molar-refractivity contribution >= 4 is 23.0 Å². The summed E-state index contributed by atoms with van der Waals surface area (Å²) in [6, 6.07) is 0.614. The van der Waals surface area contributed by atoms with Gasteiger partial charge in [0, 0.05) is 25.0 Å². The first-order valence-corrected chi connectivity index (χ1v) is 7.05. The van der Waals surface area contributed by atoms with Gasteiger partial charge in [-0.05, 0) is 25.2 Å². The predicted molar refractivity (Wildman–Crippen MR) is 75.6 cm³/mol. The van der Waals surface area contributed by atoms with E-state index in [2.05, 4.69) is 14.9 Å². The molecule has 2 heterocycles. The van der Waals surface area contributed by atoms with Crippen molar-refractivity contribution in [3.05, 3.63) is 18.1 Å². The second-order valence-corrected chi connectivity index (χ2v) is 5.63. The molecular weight excluding hydrogens is 244 g/mol. The first-order chi connectivity index (χ1) is 8.77. The second-order valence-electron chi connectivity index (χ2n) is 5.19. The van der Waals surface area contributed by atoms with Gasteiger partial charge in [-0.3, -0.25) is 0 Å². The predicted octanol–water partition coefficient (Wildman–Crippen LogP) is 1.88. The number of hydrogen-bond acceptors (Lipinski definition) is 4. The summed E-state index contributed by atoms with van der Waals surface area (Å²) in [5.41, 5.74) is 6.43. The fourth-order valence-electron chi connectivity index (χ4n) is 3.38. The van der Waals surface area contributed by atoms with Crippen molar-refractivity contribution in [3.8, 4) is 0 Å². The molecule has 2 atom stereocenters. The lowest BCUT2D eigenvalue weighted by Gasteiger charge is -2.32. The maximum absolute atomic E-state index is 5.75. The summed E-state index contributed by atoms with van der Waals surface area (Å²) in [5, 5.41) is 0. The van der Waals surface area contributed by atoms with E-state index >= 15 is 0 Å². The third-order valence-corrected chi connectivity index (χ3v) is 4.39. The fraction of sp³-hybridized carbons (Fsp3) is 0.615. The van der Waals surface area contributed by atoms with Crippen molar-refractivity contribution in [1.82, 2.24) is 9.97 Å². The largest absolute Gasteiger partial charge is 0.388 e. The van der Waals surface area contributed by atoms with E-state index in [1.54, 1.807) is 12.4 Å². The molecule has 0 amide bonds. The Morgan fingerprint density at radius 1 is 1.22 bits per heavy atom. The van der Waals surface area contributed by atoms with Crippen LogP contribution in [0.25, 0.3) is 0 Å². The molecular formula is C13H18N4S. The minimum absolute atomic E-state index is 0.345. The van der Waals surface area contributed by atoms with Crippen LogP contribution in [0.2, 0.25) is 0 Å². The van der Waals surface area contributed by atoms with Gasteiger partial charge >= 0.3 is 0 Å². The zero-order valence-electron chi connectivity index (χ0n) is 10.4. The van der Waals surface area contributed by atoms with Crippen LogP contribution in [0.1, 0.15) is 37.8 Å². The summed E-state index contributed by atoms with van der Waals surface area (Å²) in [6.45, 7) is 1.06. The molecule has 96 valence electrons. The van der Waals surface area contributed by atoms with Gasteiger partial charge in [0.1, 0.15) is 10.7 Å². The van der Waals surface area contributed by atoms with E-state index in [0.29, 0.717) is 16.7 Å². The zero-order chi connectivity index (χ0) is 12.5. The monoisotopic (exact) mass is 262 g/mol. The van der Waals surface area contributed by atoms with Gasteiger partial charge in [0.05, 0.1) is 0 Å². The number of nitrogens with zero attached hydrogens (tertiary/aromatic N) is 3. The Morgan fingerprint density at radius 3 is 2.83 bits per heavy atom. The van der Waals surface area contributed by atoms with E-state index < -0.39 is 0 Å². The van der Waals surface area contributed by atoms with Crippen molar-refractivity contribution in [1.29, 1.82) is 0 Å². The molecule has 1 aliphatic heterocycles. The number of fused-ring (bicyclic) bond motifs is 1. The molecule has 2 unspecified atom stereocenters. The highest BCUT2D eigenvalue weighted by Gasteiger charge is 2.37. The third-order valence-electron chi connectivity index (χ3n) is 4.19. The molecule has 2 N–H and O–H groups in total. The van der Waals surface area contributed by atoms with Crippen LogP contribution in [-0.4, -0.2) is 27.5 Å². The molecule has 0 radical (unpaired) electrons. The highest BCUT2D eigenvalue weighted by atomic mass is 32.1. The number of aromatic nitrogens is 2. The summed E-state index contributed by atoms with van der Waals surface area (Å²) in [5.74, 6) is 1.71. The molecule has 5 heteroatoms. The van der Waals surface area contributed by atoms with Crippen LogP contribution in [0.5, 0.6) is 0 Å². The molecule has 1 aromatic heterocycles. The summed E-state index contributed by atoms with van der Waals surface area (Å²) in [7, 11) is 0. The molecule has 2 aliphatic rings. The summed E-state index contributed by atoms with van der Waals surface area (Å²) in [4.78, 5) is 11.5. The number of hydrogen-bond donors (Lipinski definition) is 1. The van der Waals surface area contributed by atoms with Crippen LogP contribution in [-0.2, 0) is 0 Å². The third kappa shape index (κ3) is 1.96. The Morgan fingerprint density at radius 2 is 2.00 bits per heavy atom. The standard InChI is InChI=1S/C13H18N4S/c14-12(18)11-13(16-7-6-15-11)17-8-5-9-3-1-2-4-10(9)17/h6-7,9-10H,1-5,8H2,(H2,14,18). The van der Waals surface area contributed by atoms with Crippen LogP contribution >= 0.6 is 12.2 Å². The SMILES string of the molecule is NC(=S)c1nccnc1N1CCC2CCCCC21. The topological polar surface area (TPSA) is 55.0 Å². The Bertz CT molecular complexity index is 462. The van der Waals surface area contributed by atoms with Crippen molar-refractivity contribution < 1.29 is 0 Å². The molecule has 0 bridgehead atoms. The minimum atomic E-state index is 0.345. The Kier molecular flexibility index (Phi) is 3.16. The van der Waals surface area contributed by atoms with Crippen molar-refractivity contribution in [3.63, 3.8) is 0 Å². The van der Waals surface area contributed by atoms with Crippen LogP contribution in [0, 0.1) is 5.92 Å². The van der Waals surface area contributed by atoms with Crippen LogP contribution < -0.4 is 10.6 Å². The smallest absolute Gasteiger partial charge is 0.157 e. The molecule has 1 aliphatic carbocycles. The lowest BCUT2D eigenvalue weighted by molar-refractivity contribution is 0.341. The highest BCUT2D eigenvalue weighted by Crippen LogP contribution is 2.38. The molecule has 18 heavy (non-hydrogen) atoms. The van der Waals surface area contributed by atoms with Gasteiger partial charge in [0.2, 0.25) is 0 Å². The molecule has 4 nitrogen and oxygen atoms in total. The maximum atomic E-state index is 5.75. The van der Waals surface area contributed by atoms with E-state index in [1.807, 2.05) is 0 Å². The van der Waals surface area contributed by atoms with Crippen LogP contribution in [0.3, 0.4) is 0 Å². The number of anilines is 1. The Balaban J connectivity index is 1.93. The molecule has 1 aromatic rings. The molecule has 0 spiro atoms. The lowest BCUT2D eigenvalue weighted by Crippen LogP contribution is -2.36. The van der Waals surface area contributed by atoms with Crippen molar-refractivity contribution in [2.45, 2.75) is 38.1 Å². The molecule has 1 saturated carbocycles. The lowest BCUT2D eigenvalue weighted by atomic mass is 9.85. The zero-order valence-corrected chi connectivity index (χ0v) is 11.2. The summed E-state index contributed by atoms with van der Waals surface area (Å²) >= 11 is 5.08. The summed E-state index contributed by atoms with van der Waals surface area (Å²) in [6.07, 6.45) is 9.96. The molecule has 2 fully saturated rings. The van der Waals surface area contributed by atoms with Gasteiger partial charge in [-0.1, -0.05) is 25.1 Å². The Labute approximate surface area is 113 Å². The fourth-order valence-corrected chi connectivity index (χ4v) is 3.53. The number of thiocarbonyl (C=S) groups is 1. The van der Waals surface area contributed by atoms with E-state index in [4.69, 9.17) is 18.0 Å². The average Bonchev–Trinajstić information content (AvgIpc) is 2.82. The average molecular weight is 262 g/mol. The first-order valence-electron chi connectivity index (χ1n) is 6.65. The molecule has 3 rings (SSSR count). The van der Waals surface area contributed by atoms with Crippen LogP contribution in [0.4, 0.5) is 5.82 Å². The summed E-state index contributed by atoms with van der Waals surface area (Å²) < 4.78 is 0. The van der Waals surface area contributed by atoms with E-state index in [1.165, 1.54) is 32.1 Å². The van der Waals surface area contributed by atoms with Crippen molar-refractivity contribution in [2.24, 2.45) is 11.7 Å². The van der Waals surface area contributed by atoms with Gasteiger partial charge in [0.15, 0.2) is 5.82 Å². The normalized spacial score (nSPS) is 27.0.